The van der Waals surface area contributed by atoms with Gasteiger partial charge in [-0.2, -0.15) is 0 Å². The molecule has 0 aliphatic carbocycles. The molecular weight excluding hydrogens is 204 g/mol. The summed E-state index contributed by atoms with van der Waals surface area (Å²) in [6.07, 6.45) is 2.48. The SMILES string of the molecule is NCCCOc1nccc2ccc(O)cc12. The van der Waals surface area contributed by atoms with Crippen LogP contribution >= 0.6 is 0 Å². The van der Waals surface area contributed by atoms with Crippen LogP contribution in [0.2, 0.25) is 0 Å². The molecule has 0 saturated heterocycles. The van der Waals surface area contributed by atoms with Crippen LogP contribution in [-0.4, -0.2) is 23.2 Å². The first-order valence-electron chi connectivity index (χ1n) is 5.22. The lowest BCUT2D eigenvalue weighted by atomic mass is 10.1. The van der Waals surface area contributed by atoms with Crippen LogP contribution in [-0.2, 0) is 0 Å². The number of benzene rings is 1. The molecule has 3 N–H and O–H groups in total. The van der Waals surface area contributed by atoms with Crippen LogP contribution < -0.4 is 10.5 Å². The maximum atomic E-state index is 9.42. The number of phenols is 1. The van der Waals surface area contributed by atoms with Gasteiger partial charge in [-0.3, -0.25) is 0 Å². The van der Waals surface area contributed by atoms with E-state index >= 15 is 0 Å². The molecule has 1 aromatic carbocycles. The lowest BCUT2D eigenvalue weighted by Crippen LogP contribution is -2.06. The fourth-order valence-electron chi connectivity index (χ4n) is 1.50. The summed E-state index contributed by atoms with van der Waals surface area (Å²) in [7, 11) is 0. The van der Waals surface area contributed by atoms with Crippen molar-refractivity contribution < 1.29 is 9.84 Å². The van der Waals surface area contributed by atoms with Gasteiger partial charge in [-0.1, -0.05) is 6.07 Å². The highest BCUT2D eigenvalue weighted by atomic mass is 16.5. The van der Waals surface area contributed by atoms with Crippen molar-refractivity contribution in [2.45, 2.75) is 6.42 Å². The fraction of sp³-hybridized carbons (Fsp3) is 0.250. The van der Waals surface area contributed by atoms with Gasteiger partial charge in [0.1, 0.15) is 5.75 Å². The first-order chi connectivity index (χ1) is 7.81. The monoisotopic (exact) mass is 218 g/mol. The quantitative estimate of drug-likeness (QED) is 0.766. The molecule has 0 aliphatic rings. The van der Waals surface area contributed by atoms with Gasteiger partial charge in [0.25, 0.3) is 0 Å². The van der Waals surface area contributed by atoms with Gasteiger partial charge in [-0.15, -0.1) is 0 Å². The van der Waals surface area contributed by atoms with Crippen molar-refractivity contribution in [2.24, 2.45) is 5.73 Å². The summed E-state index contributed by atoms with van der Waals surface area (Å²) in [4.78, 5) is 4.15. The lowest BCUT2D eigenvalue weighted by Gasteiger charge is -2.07. The van der Waals surface area contributed by atoms with E-state index < -0.39 is 0 Å². The van der Waals surface area contributed by atoms with Crippen molar-refractivity contribution in [1.82, 2.24) is 4.98 Å². The van der Waals surface area contributed by atoms with Crippen molar-refractivity contribution in [3.63, 3.8) is 0 Å². The van der Waals surface area contributed by atoms with Gasteiger partial charge in [0.15, 0.2) is 0 Å². The van der Waals surface area contributed by atoms with Gasteiger partial charge in [0, 0.05) is 11.6 Å². The molecule has 84 valence electrons. The molecular formula is C12H14N2O2. The summed E-state index contributed by atoms with van der Waals surface area (Å²) < 4.78 is 5.51. The van der Waals surface area contributed by atoms with Crippen LogP contribution in [0.4, 0.5) is 0 Å². The Hall–Kier alpha value is -1.81. The molecule has 0 radical (unpaired) electrons. The number of pyridine rings is 1. The molecule has 0 spiro atoms. The van der Waals surface area contributed by atoms with E-state index in [1.807, 2.05) is 12.1 Å². The Labute approximate surface area is 93.7 Å². The average Bonchev–Trinajstić information content (AvgIpc) is 2.30. The van der Waals surface area contributed by atoms with Gasteiger partial charge < -0.3 is 15.6 Å². The van der Waals surface area contributed by atoms with Crippen molar-refractivity contribution in [2.75, 3.05) is 13.2 Å². The molecule has 2 rings (SSSR count). The third-order valence-electron chi connectivity index (χ3n) is 2.30. The number of rotatable bonds is 4. The van der Waals surface area contributed by atoms with Crippen molar-refractivity contribution in [3.8, 4) is 11.6 Å². The van der Waals surface area contributed by atoms with E-state index in [2.05, 4.69) is 4.98 Å². The molecule has 4 heteroatoms. The predicted molar refractivity (Wildman–Crippen MR) is 62.6 cm³/mol. The maximum Gasteiger partial charge on any atom is 0.221 e. The Kier molecular flexibility index (Phi) is 3.22. The fourth-order valence-corrected chi connectivity index (χ4v) is 1.50. The topological polar surface area (TPSA) is 68.4 Å². The van der Waals surface area contributed by atoms with Crippen LogP contribution in [0.5, 0.6) is 11.6 Å². The number of aromatic hydroxyl groups is 1. The van der Waals surface area contributed by atoms with Crippen molar-refractivity contribution in [3.05, 3.63) is 30.5 Å². The molecule has 0 bridgehead atoms. The van der Waals surface area contributed by atoms with E-state index in [0.29, 0.717) is 19.0 Å². The summed E-state index contributed by atoms with van der Waals surface area (Å²) in [5.74, 6) is 0.756. The first-order valence-corrected chi connectivity index (χ1v) is 5.22. The highest BCUT2D eigenvalue weighted by Crippen LogP contribution is 2.26. The zero-order chi connectivity index (χ0) is 11.4. The molecule has 0 aliphatic heterocycles. The Balaban J connectivity index is 2.32. The van der Waals surface area contributed by atoms with Crippen LogP contribution in [0.15, 0.2) is 30.5 Å². The van der Waals surface area contributed by atoms with E-state index in [-0.39, 0.29) is 5.75 Å². The molecule has 0 amide bonds. The average molecular weight is 218 g/mol. The third kappa shape index (κ3) is 2.23. The van der Waals surface area contributed by atoms with Crippen LogP contribution in [0.1, 0.15) is 6.42 Å². The highest BCUT2D eigenvalue weighted by Gasteiger charge is 2.04. The Morgan fingerprint density at radius 1 is 1.31 bits per heavy atom. The molecule has 1 heterocycles. The van der Waals surface area contributed by atoms with E-state index in [0.717, 1.165) is 17.2 Å². The van der Waals surface area contributed by atoms with Gasteiger partial charge in [-0.25, -0.2) is 4.98 Å². The number of nitrogens with zero attached hydrogens (tertiary/aromatic N) is 1. The van der Waals surface area contributed by atoms with Gasteiger partial charge >= 0.3 is 0 Å². The summed E-state index contributed by atoms with van der Waals surface area (Å²) >= 11 is 0. The predicted octanol–water partition coefficient (Wildman–Crippen LogP) is 1.67. The maximum absolute atomic E-state index is 9.42. The number of ether oxygens (including phenoxy) is 1. The largest absolute Gasteiger partial charge is 0.508 e. The highest BCUT2D eigenvalue weighted by molar-refractivity contribution is 5.87. The van der Waals surface area contributed by atoms with E-state index in [1.54, 1.807) is 18.3 Å². The normalized spacial score (nSPS) is 10.6. The smallest absolute Gasteiger partial charge is 0.221 e. The van der Waals surface area contributed by atoms with Gasteiger partial charge in [0.2, 0.25) is 5.88 Å². The standard InChI is InChI=1S/C12H14N2O2/c13-5-1-7-16-12-11-8-10(15)3-2-9(11)4-6-14-12/h2-4,6,8,15H,1,5,7,13H2. The Bertz CT molecular complexity index is 485. The van der Waals surface area contributed by atoms with Crippen LogP contribution in [0, 0.1) is 0 Å². The van der Waals surface area contributed by atoms with Gasteiger partial charge in [0.05, 0.1) is 6.61 Å². The van der Waals surface area contributed by atoms with Gasteiger partial charge in [-0.05, 0) is 36.6 Å². The first kappa shape index (κ1) is 10.7. The zero-order valence-corrected chi connectivity index (χ0v) is 8.89. The number of hydrogen-bond donors (Lipinski definition) is 2. The second kappa shape index (κ2) is 4.81. The van der Waals surface area contributed by atoms with Crippen molar-refractivity contribution >= 4 is 10.8 Å². The molecule has 0 atom stereocenters. The van der Waals surface area contributed by atoms with Crippen molar-refractivity contribution in [1.29, 1.82) is 0 Å². The summed E-state index contributed by atoms with van der Waals surface area (Å²) in [5, 5.41) is 11.2. The summed E-state index contributed by atoms with van der Waals surface area (Å²) in [5.41, 5.74) is 5.39. The number of hydrogen-bond acceptors (Lipinski definition) is 4. The summed E-state index contributed by atoms with van der Waals surface area (Å²) in [6, 6.07) is 7.01. The van der Waals surface area contributed by atoms with Crippen LogP contribution in [0.25, 0.3) is 10.8 Å². The van der Waals surface area contributed by atoms with E-state index in [9.17, 15) is 5.11 Å². The molecule has 1 aromatic heterocycles. The lowest BCUT2D eigenvalue weighted by molar-refractivity contribution is 0.305. The molecule has 0 fully saturated rings. The third-order valence-corrected chi connectivity index (χ3v) is 2.30. The number of aromatic nitrogens is 1. The Morgan fingerprint density at radius 3 is 3.00 bits per heavy atom. The van der Waals surface area contributed by atoms with E-state index in [4.69, 9.17) is 10.5 Å². The molecule has 0 unspecified atom stereocenters. The van der Waals surface area contributed by atoms with Crippen LogP contribution in [0.3, 0.4) is 0 Å². The summed E-state index contributed by atoms with van der Waals surface area (Å²) in [6.45, 7) is 1.13. The number of fused-ring (bicyclic) bond motifs is 1. The minimum atomic E-state index is 0.212. The zero-order valence-electron chi connectivity index (χ0n) is 8.89. The second-order valence-electron chi connectivity index (χ2n) is 3.51. The number of nitrogens with two attached hydrogens (primary N) is 1. The van der Waals surface area contributed by atoms with E-state index in [1.165, 1.54) is 0 Å². The minimum absolute atomic E-state index is 0.212. The molecule has 2 aromatic rings. The molecule has 16 heavy (non-hydrogen) atoms. The number of phenolic OH excluding ortho intramolecular Hbond substituents is 1. The molecule has 0 saturated carbocycles. The second-order valence-corrected chi connectivity index (χ2v) is 3.51. The molecule has 4 nitrogen and oxygen atoms in total. The minimum Gasteiger partial charge on any atom is -0.508 e. The Morgan fingerprint density at radius 2 is 2.19 bits per heavy atom.